The molecule has 0 aliphatic heterocycles. The molecule has 0 saturated heterocycles. The van der Waals surface area contributed by atoms with Crippen LogP contribution < -0.4 is 5.32 Å². The molecule has 2 N–H and O–H groups in total. The molecule has 0 aliphatic rings. The Balaban J connectivity index is 1.42. The molecule has 3 aromatic heterocycles. The largest absolute Gasteiger partial charge is 0.461 e. The molecule has 0 unspecified atom stereocenters. The number of aromatic amines is 1. The second kappa shape index (κ2) is 12.5. The third-order valence-electron chi connectivity index (χ3n) is 6.00. The molecule has 0 aliphatic carbocycles. The number of anilines is 2. The van der Waals surface area contributed by atoms with Crippen LogP contribution in [0.3, 0.4) is 0 Å². The van der Waals surface area contributed by atoms with Gasteiger partial charge in [-0.3, -0.25) is 0 Å². The molecule has 0 bridgehead atoms. The van der Waals surface area contributed by atoms with Crippen LogP contribution in [0.1, 0.15) is 15.9 Å². The molecule has 3 heterocycles. The smallest absolute Gasteiger partial charge is 0.338 e. The first-order chi connectivity index (χ1) is 19.4. The van der Waals surface area contributed by atoms with Gasteiger partial charge < -0.3 is 19.9 Å². The predicted octanol–water partition coefficient (Wildman–Crippen LogP) is 6.57. The molecule has 0 radical (unpaired) electrons. The van der Waals surface area contributed by atoms with Crippen LogP contribution in [-0.2, 0) is 10.5 Å². The minimum absolute atomic E-state index is 0.251. The molecule has 8 nitrogen and oxygen atoms in total. The Morgan fingerprint density at radius 2 is 1.98 bits per heavy atom. The number of halogens is 2. The standard InChI is InChI=1S/C29H26ClFN6O2S/c1-37(2)12-13-39-29(38)19-5-3-4-18(14-19)17-40-28-26(34-24-9-11-33-27-21(24)8-10-32-27)16-25(35-36-28)22-15-20(30)6-7-23(22)31/h3-11,14-16H,12-13,17H2,1-2H3,(H2,32,33,34,35). The van der Waals surface area contributed by atoms with Crippen molar-refractivity contribution in [2.24, 2.45) is 0 Å². The maximum atomic E-state index is 14.7. The van der Waals surface area contributed by atoms with Crippen molar-refractivity contribution in [3.05, 3.63) is 95.0 Å². The molecular formula is C29H26ClFN6O2S. The summed E-state index contributed by atoms with van der Waals surface area (Å²) >= 11 is 7.58. The number of rotatable bonds is 10. The molecule has 0 spiro atoms. The summed E-state index contributed by atoms with van der Waals surface area (Å²) in [6.45, 7) is 0.968. The zero-order chi connectivity index (χ0) is 28.1. The molecule has 0 atom stereocenters. The maximum Gasteiger partial charge on any atom is 0.338 e. The Hall–Kier alpha value is -3.99. The zero-order valence-corrected chi connectivity index (χ0v) is 23.4. The SMILES string of the molecule is CN(C)CCOC(=O)c1cccc(CSc2nnc(-c3cc(Cl)ccc3F)cc2Nc2ccnc3[nH]ccc23)c1. The van der Waals surface area contributed by atoms with Crippen molar-refractivity contribution >= 4 is 51.7 Å². The van der Waals surface area contributed by atoms with E-state index in [1.54, 1.807) is 18.3 Å². The lowest BCUT2D eigenvalue weighted by molar-refractivity contribution is 0.0481. The van der Waals surface area contributed by atoms with E-state index < -0.39 is 5.82 Å². The van der Waals surface area contributed by atoms with Gasteiger partial charge in [0.15, 0.2) is 0 Å². The highest BCUT2D eigenvalue weighted by molar-refractivity contribution is 7.98. The van der Waals surface area contributed by atoms with E-state index in [0.29, 0.717) is 45.9 Å². The fourth-order valence-corrected chi connectivity index (χ4v) is 4.98. The highest BCUT2D eigenvalue weighted by atomic mass is 35.5. The van der Waals surface area contributed by atoms with E-state index in [0.717, 1.165) is 22.3 Å². The van der Waals surface area contributed by atoms with Crippen LogP contribution in [0.15, 0.2) is 78.1 Å². The van der Waals surface area contributed by atoms with Gasteiger partial charge in [0.05, 0.1) is 22.6 Å². The Bertz CT molecular complexity index is 1660. The molecule has 0 amide bonds. The molecule has 0 saturated carbocycles. The number of hydrogen-bond acceptors (Lipinski definition) is 8. The number of carbonyl (C=O) groups is 1. The summed E-state index contributed by atoms with van der Waals surface area (Å²) in [5, 5.41) is 14.1. The van der Waals surface area contributed by atoms with Crippen molar-refractivity contribution in [3.8, 4) is 11.3 Å². The Kier molecular flexibility index (Phi) is 8.59. The molecule has 2 aromatic carbocycles. The number of ether oxygens (including phenoxy) is 1. The van der Waals surface area contributed by atoms with Crippen LogP contribution in [0.2, 0.25) is 5.02 Å². The van der Waals surface area contributed by atoms with Gasteiger partial charge in [0.1, 0.15) is 23.1 Å². The number of fused-ring (bicyclic) bond motifs is 1. The number of hydrogen-bond donors (Lipinski definition) is 2. The summed E-state index contributed by atoms with van der Waals surface area (Å²) in [6.07, 6.45) is 3.51. The number of nitrogens with zero attached hydrogens (tertiary/aromatic N) is 4. The van der Waals surface area contributed by atoms with Gasteiger partial charge in [-0.2, -0.15) is 0 Å². The summed E-state index contributed by atoms with van der Waals surface area (Å²) in [6, 6.07) is 17.2. The van der Waals surface area contributed by atoms with Crippen molar-refractivity contribution in [3.63, 3.8) is 0 Å². The van der Waals surface area contributed by atoms with E-state index in [-0.39, 0.29) is 11.5 Å². The fourth-order valence-electron chi connectivity index (χ4n) is 3.96. The second-order valence-electron chi connectivity index (χ2n) is 9.22. The number of aromatic nitrogens is 4. The number of pyridine rings is 1. The van der Waals surface area contributed by atoms with Crippen LogP contribution in [-0.4, -0.2) is 58.3 Å². The van der Waals surface area contributed by atoms with Crippen molar-refractivity contribution < 1.29 is 13.9 Å². The quantitative estimate of drug-likeness (QED) is 0.142. The second-order valence-corrected chi connectivity index (χ2v) is 10.6. The molecule has 5 rings (SSSR count). The van der Waals surface area contributed by atoms with E-state index >= 15 is 0 Å². The average Bonchev–Trinajstić information content (AvgIpc) is 3.44. The van der Waals surface area contributed by atoms with Crippen LogP contribution in [0, 0.1) is 5.82 Å². The number of benzene rings is 2. The molecular weight excluding hydrogens is 551 g/mol. The number of likely N-dealkylation sites (N-methyl/N-ethyl adjacent to an activating group) is 1. The molecule has 5 aromatic rings. The van der Waals surface area contributed by atoms with Gasteiger partial charge in [0.2, 0.25) is 0 Å². The molecule has 40 heavy (non-hydrogen) atoms. The summed E-state index contributed by atoms with van der Waals surface area (Å²) < 4.78 is 20.0. The lowest BCUT2D eigenvalue weighted by Crippen LogP contribution is -2.20. The minimum Gasteiger partial charge on any atom is -0.461 e. The predicted molar refractivity (Wildman–Crippen MR) is 157 cm³/mol. The number of carbonyl (C=O) groups excluding carboxylic acids is 1. The van der Waals surface area contributed by atoms with Crippen molar-refractivity contribution in [1.29, 1.82) is 0 Å². The van der Waals surface area contributed by atoms with E-state index in [1.165, 1.54) is 30.0 Å². The van der Waals surface area contributed by atoms with Crippen molar-refractivity contribution in [1.82, 2.24) is 25.1 Å². The average molecular weight is 577 g/mol. The molecule has 204 valence electrons. The van der Waals surface area contributed by atoms with Gasteiger partial charge in [0.25, 0.3) is 0 Å². The van der Waals surface area contributed by atoms with Crippen LogP contribution >= 0.6 is 23.4 Å². The third kappa shape index (κ3) is 6.59. The first-order valence-corrected chi connectivity index (χ1v) is 13.8. The molecule has 11 heteroatoms. The Labute approximate surface area is 239 Å². The van der Waals surface area contributed by atoms with Crippen molar-refractivity contribution in [2.45, 2.75) is 10.8 Å². The van der Waals surface area contributed by atoms with Gasteiger partial charge in [-0.05, 0) is 68.2 Å². The third-order valence-corrected chi connectivity index (χ3v) is 7.29. The van der Waals surface area contributed by atoms with Gasteiger partial charge in [-0.15, -0.1) is 10.2 Å². The normalized spacial score (nSPS) is 11.2. The topological polar surface area (TPSA) is 96.0 Å². The van der Waals surface area contributed by atoms with Gasteiger partial charge in [-0.25, -0.2) is 14.2 Å². The summed E-state index contributed by atoms with van der Waals surface area (Å²) in [4.78, 5) is 21.9. The summed E-state index contributed by atoms with van der Waals surface area (Å²) in [5.74, 6) is -0.295. The highest BCUT2D eigenvalue weighted by Gasteiger charge is 2.16. The lowest BCUT2D eigenvalue weighted by atomic mass is 10.1. The fraction of sp³-hybridized carbons (Fsp3) is 0.172. The number of H-pyrrole nitrogens is 1. The number of esters is 1. The summed E-state index contributed by atoms with van der Waals surface area (Å²) in [7, 11) is 3.84. The van der Waals surface area contributed by atoms with E-state index in [9.17, 15) is 9.18 Å². The van der Waals surface area contributed by atoms with Crippen LogP contribution in [0.5, 0.6) is 0 Å². The minimum atomic E-state index is -0.448. The van der Waals surface area contributed by atoms with Crippen LogP contribution in [0.25, 0.3) is 22.3 Å². The van der Waals surface area contributed by atoms with Gasteiger partial charge >= 0.3 is 5.97 Å². The number of thioether (sulfide) groups is 1. The van der Waals surface area contributed by atoms with Gasteiger partial charge in [0, 0.05) is 40.7 Å². The Morgan fingerprint density at radius 1 is 1.10 bits per heavy atom. The Morgan fingerprint density at radius 3 is 2.83 bits per heavy atom. The van der Waals surface area contributed by atoms with Crippen LogP contribution in [0.4, 0.5) is 15.8 Å². The van der Waals surface area contributed by atoms with E-state index in [4.69, 9.17) is 16.3 Å². The van der Waals surface area contributed by atoms with E-state index in [2.05, 4.69) is 25.5 Å². The first kappa shape index (κ1) is 27.6. The monoisotopic (exact) mass is 576 g/mol. The van der Waals surface area contributed by atoms with E-state index in [1.807, 2.05) is 55.5 Å². The molecule has 0 fully saturated rings. The summed E-state index contributed by atoms with van der Waals surface area (Å²) in [5.41, 5.74) is 4.18. The maximum absolute atomic E-state index is 14.7. The first-order valence-electron chi connectivity index (χ1n) is 12.4. The zero-order valence-electron chi connectivity index (χ0n) is 21.8. The number of nitrogens with one attached hydrogen (secondary N) is 2. The highest BCUT2D eigenvalue weighted by Crippen LogP contribution is 2.35. The van der Waals surface area contributed by atoms with Crippen molar-refractivity contribution in [2.75, 3.05) is 32.6 Å². The van der Waals surface area contributed by atoms with Gasteiger partial charge in [-0.1, -0.05) is 35.5 Å². The lowest BCUT2D eigenvalue weighted by Gasteiger charge is -2.14.